The Morgan fingerprint density at radius 2 is 1.88 bits per heavy atom. The third-order valence-electron chi connectivity index (χ3n) is 2.70. The summed E-state index contributed by atoms with van der Waals surface area (Å²) in [5.74, 6) is 5.99. The number of rotatable bonds is 4. The van der Waals surface area contributed by atoms with Crippen molar-refractivity contribution in [1.29, 1.82) is 0 Å². The number of hydrazine groups is 1. The van der Waals surface area contributed by atoms with Gasteiger partial charge in [-0.1, -0.05) is 24.3 Å². The van der Waals surface area contributed by atoms with Crippen LogP contribution >= 0.6 is 0 Å². The Kier molecular flexibility index (Phi) is 3.73. The number of benzene rings is 1. The summed E-state index contributed by atoms with van der Waals surface area (Å²) in [5.41, 5.74) is 3.29. The van der Waals surface area contributed by atoms with Gasteiger partial charge >= 0.3 is 0 Å². The highest BCUT2D eigenvalue weighted by Crippen LogP contribution is 2.10. The highest BCUT2D eigenvalue weighted by molar-refractivity contribution is 5.44. The third kappa shape index (κ3) is 3.29. The van der Waals surface area contributed by atoms with Gasteiger partial charge in [-0.25, -0.2) is 5.84 Å². The van der Waals surface area contributed by atoms with Crippen molar-refractivity contribution in [2.75, 3.05) is 11.6 Å². The second kappa shape index (κ2) is 5.46. The summed E-state index contributed by atoms with van der Waals surface area (Å²) in [4.78, 5) is 4.27. The highest BCUT2D eigenvalue weighted by Gasteiger charge is 2.01. The molecule has 0 saturated heterocycles. The smallest absolute Gasteiger partial charge is 0.0517 e. The number of aromatic nitrogens is 1. The molecule has 0 bridgehead atoms. The van der Waals surface area contributed by atoms with E-state index in [-0.39, 0.29) is 0 Å². The molecule has 0 fully saturated rings. The van der Waals surface area contributed by atoms with Gasteiger partial charge in [-0.2, -0.15) is 0 Å². The van der Waals surface area contributed by atoms with Crippen LogP contribution < -0.4 is 10.9 Å². The molecule has 0 atom stereocenters. The largest absolute Gasteiger partial charge is 0.311 e. The second-order valence-corrected chi connectivity index (χ2v) is 4.09. The van der Waals surface area contributed by atoms with Crippen LogP contribution in [0.3, 0.4) is 0 Å². The fraction of sp³-hybridized carbons (Fsp3) is 0.214. The van der Waals surface area contributed by atoms with Crippen LogP contribution in [0.5, 0.6) is 0 Å². The third-order valence-corrected chi connectivity index (χ3v) is 2.70. The first kappa shape index (κ1) is 11.6. The summed E-state index contributed by atoms with van der Waals surface area (Å²) >= 11 is 0. The zero-order valence-electron chi connectivity index (χ0n) is 10.0. The van der Waals surface area contributed by atoms with Gasteiger partial charge in [0.05, 0.1) is 5.69 Å². The van der Waals surface area contributed by atoms with Gasteiger partial charge in [-0.3, -0.25) is 4.98 Å². The van der Waals surface area contributed by atoms with Gasteiger partial charge < -0.3 is 5.01 Å². The van der Waals surface area contributed by atoms with E-state index in [0.29, 0.717) is 0 Å². The Labute approximate surface area is 102 Å². The van der Waals surface area contributed by atoms with Crippen molar-refractivity contribution in [1.82, 2.24) is 4.98 Å². The van der Waals surface area contributed by atoms with Gasteiger partial charge in [-0.05, 0) is 37.1 Å². The molecule has 1 heterocycles. The van der Waals surface area contributed by atoms with Gasteiger partial charge in [0.25, 0.3) is 0 Å². The van der Waals surface area contributed by atoms with E-state index >= 15 is 0 Å². The van der Waals surface area contributed by atoms with Gasteiger partial charge in [0.15, 0.2) is 0 Å². The summed E-state index contributed by atoms with van der Waals surface area (Å²) in [5, 5.41) is 1.76. The lowest BCUT2D eigenvalue weighted by molar-refractivity contribution is 0.820. The van der Waals surface area contributed by atoms with Crippen molar-refractivity contribution < 1.29 is 0 Å². The van der Waals surface area contributed by atoms with E-state index < -0.39 is 0 Å². The molecule has 0 spiro atoms. The van der Waals surface area contributed by atoms with Crippen molar-refractivity contribution in [3.8, 4) is 0 Å². The van der Waals surface area contributed by atoms with Gasteiger partial charge in [0.1, 0.15) is 0 Å². The Balaban J connectivity index is 1.92. The molecular formula is C14H17N3. The lowest BCUT2D eigenvalue weighted by atomic mass is 10.2. The molecule has 0 radical (unpaired) electrons. The van der Waals surface area contributed by atoms with Gasteiger partial charge in [0, 0.05) is 18.4 Å². The quantitative estimate of drug-likeness (QED) is 0.644. The molecule has 88 valence electrons. The standard InChI is InChI=1S/C14H17N3/c1-12-7-8-13(11-16-12)9-10-17(15)14-5-3-2-4-6-14/h2-8,11H,9-10,15H2,1H3. The molecule has 0 saturated carbocycles. The number of hydrogen-bond acceptors (Lipinski definition) is 3. The molecule has 0 amide bonds. The lowest BCUT2D eigenvalue weighted by Gasteiger charge is -2.18. The molecule has 0 aliphatic heterocycles. The van der Waals surface area contributed by atoms with Crippen LogP contribution in [0.1, 0.15) is 11.3 Å². The van der Waals surface area contributed by atoms with E-state index in [9.17, 15) is 0 Å². The summed E-state index contributed by atoms with van der Waals surface area (Å²) in [6.07, 6.45) is 2.81. The maximum absolute atomic E-state index is 5.99. The molecule has 2 aromatic rings. The van der Waals surface area contributed by atoms with Crippen LogP contribution in [-0.4, -0.2) is 11.5 Å². The molecule has 2 rings (SSSR count). The average molecular weight is 227 g/mol. The summed E-state index contributed by atoms with van der Waals surface area (Å²) in [7, 11) is 0. The average Bonchev–Trinajstić information content (AvgIpc) is 2.39. The Morgan fingerprint density at radius 3 is 2.53 bits per heavy atom. The van der Waals surface area contributed by atoms with E-state index in [1.165, 1.54) is 5.56 Å². The highest BCUT2D eigenvalue weighted by atomic mass is 15.4. The van der Waals surface area contributed by atoms with E-state index in [1.54, 1.807) is 5.01 Å². The first-order chi connectivity index (χ1) is 8.25. The minimum Gasteiger partial charge on any atom is -0.311 e. The molecule has 0 aliphatic carbocycles. The maximum Gasteiger partial charge on any atom is 0.0517 e. The molecule has 1 aromatic heterocycles. The van der Waals surface area contributed by atoms with Crippen molar-refractivity contribution in [2.24, 2.45) is 5.84 Å². The zero-order valence-corrected chi connectivity index (χ0v) is 10.0. The minimum absolute atomic E-state index is 0.786. The van der Waals surface area contributed by atoms with Crippen LogP contribution in [0.2, 0.25) is 0 Å². The fourth-order valence-electron chi connectivity index (χ4n) is 1.64. The number of hydrogen-bond donors (Lipinski definition) is 1. The minimum atomic E-state index is 0.786. The summed E-state index contributed by atoms with van der Waals surface area (Å²) in [6.45, 7) is 2.78. The Morgan fingerprint density at radius 1 is 1.12 bits per heavy atom. The molecule has 3 heteroatoms. The summed E-state index contributed by atoms with van der Waals surface area (Å²) in [6, 6.07) is 14.1. The van der Waals surface area contributed by atoms with Crippen molar-refractivity contribution >= 4 is 5.69 Å². The number of para-hydroxylation sites is 1. The van der Waals surface area contributed by atoms with Gasteiger partial charge in [-0.15, -0.1) is 0 Å². The van der Waals surface area contributed by atoms with Crippen molar-refractivity contribution in [3.05, 3.63) is 59.9 Å². The predicted molar refractivity (Wildman–Crippen MR) is 70.7 cm³/mol. The van der Waals surface area contributed by atoms with E-state index in [1.807, 2.05) is 49.5 Å². The van der Waals surface area contributed by atoms with Crippen LogP contribution in [0, 0.1) is 6.92 Å². The first-order valence-electron chi connectivity index (χ1n) is 5.74. The van der Waals surface area contributed by atoms with E-state index in [0.717, 1.165) is 24.3 Å². The van der Waals surface area contributed by atoms with Crippen LogP contribution in [0.4, 0.5) is 5.69 Å². The van der Waals surface area contributed by atoms with Crippen LogP contribution in [0.15, 0.2) is 48.7 Å². The molecule has 0 unspecified atom stereocenters. The second-order valence-electron chi connectivity index (χ2n) is 4.09. The lowest BCUT2D eigenvalue weighted by Crippen LogP contribution is -2.32. The van der Waals surface area contributed by atoms with E-state index in [4.69, 9.17) is 5.84 Å². The number of aryl methyl sites for hydroxylation is 1. The summed E-state index contributed by atoms with van der Waals surface area (Å²) < 4.78 is 0. The fourth-order valence-corrected chi connectivity index (χ4v) is 1.64. The molecule has 17 heavy (non-hydrogen) atoms. The molecular weight excluding hydrogens is 210 g/mol. The Bertz CT molecular complexity index is 451. The van der Waals surface area contributed by atoms with Crippen LogP contribution in [0.25, 0.3) is 0 Å². The number of nitrogens with zero attached hydrogens (tertiary/aromatic N) is 2. The molecule has 3 nitrogen and oxygen atoms in total. The monoisotopic (exact) mass is 227 g/mol. The van der Waals surface area contributed by atoms with Gasteiger partial charge in [0.2, 0.25) is 0 Å². The SMILES string of the molecule is Cc1ccc(CCN(N)c2ccccc2)cn1. The molecule has 2 N–H and O–H groups in total. The molecule has 0 aliphatic rings. The van der Waals surface area contributed by atoms with Crippen LogP contribution in [-0.2, 0) is 6.42 Å². The topological polar surface area (TPSA) is 42.1 Å². The predicted octanol–water partition coefficient (Wildman–Crippen LogP) is 2.31. The normalized spacial score (nSPS) is 10.2. The zero-order chi connectivity index (χ0) is 12.1. The van der Waals surface area contributed by atoms with E-state index in [2.05, 4.69) is 11.1 Å². The first-order valence-corrected chi connectivity index (χ1v) is 5.74. The Hall–Kier alpha value is -1.87. The number of anilines is 1. The maximum atomic E-state index is 5.99. The number of pyridine rings is 1. The number of nitrogens with two attached hydrogens (primary N) is 1. The van der Waals surface area contributed by atoms with Crippen molar-refractivity contribution in [3.63, 3.8) is 0 Å². The molecule has 1 aromatic carbocycles. The van der Waals surface area contributed by atoms with Crippen molar-refractivity contribution in [2.45, 2.75) is 13.3 Å².